The number of rotatable bonds is 3. The van der Waals surface area contributed by atoms with E-state index in [1.165, 1.54) is 0 Å². The zero-order chi connectivity index (χ0) is 14.7. The van der Waals surface area contributed by atoms with Crippen molar-refractivity contribution < 1.29 is 13.9 Å². The number of nitrogens with one attached hydrogen (secondary N) is 1. The van der Waals surface area contributed by atoms with Gasteiger partial charge in [0, 0.05) is 17.9 Å². The van der Waals surface area contributed by atoms with Crippen LogP contribution in [0.15, 0.2) is 35.1 Å². The van der Waals surface area contributed by atoms with Gasteiger partial charge in [0.05, 0.1) is 18.7 Å². The number of aromatic nitrogens is 1. The molecule has 0 saturated carbocycles. The van der Waals surface area contributed by atoms with Gasteiger partial charge in [-0.2, -0.15) is 0 Å². The van der Waals surface area contributed by atoms with E-state index in [9.17, 15) is 4.79 Å². The lowest BCUT2D eigenvalue weighted by atomic mass is 10.0. The molecule has 1 aliphatic heterocycles. The average molecular weight is 286 g/mol. The van der Waals surface area contributed by atoms with E-state index in [0.29, 0.717) is 12.5 Å². The van der Waals surface area contributed by atoms with E-state index in [4.69, 9.17) is 9.15 Å². The highest BCUT2D eigenvalue weighted by Gasteiger charge is 2.22. The van der Waals surface area contributed by atoms with Crippen LogP contribution in [0.3, 0.4) is 0 Å². The minimum Gasteiger partial charge on any atom is -0.445 e. The smallest absolute Gasteiger partial charge is 0.229 e. The normalized spacial score (nSPS) is 18.4. The predicted octanol–water partition coefficient (Wildman–Crippen LogP) is 3.02. The maximum atomic E-state index is 12.3. The molecule has 110 valence electrons. The summed E-state index contributed by atoms with van der Waals surface area (Å²) in [6.07, 6.45) is 4.97. The van der Waals surface area contributed by atoms with Crippen molar-refractivity contribution in [2.75, 3.05) is 18.5 Å². The minimum absolute atomic E-state index is 0.0161. The molecule has 0 unspecified atom stereocenters. The summed E-state index contributed by atoms with van der Waals surface area (Å²) in [4.78, 5) is 16.4. The Balaban J connectivity index is 1.79. The van der Waals surface area contributed by atoms with Gasteiger partial charge in [0.15, 0.2) is 0 Å². The first-order valence-electron chi connectivity index (χ1n) is 7.14. The van der Waals surface area contributed by atoms with Crippen LogP contribution in [0.4, 0.5) is 5.69 Å². The molecule has 5 nitrogen and oxygen atoms in total. The summed E-state index contributed by atoms with van der Waals surface area (Å²) in [6.45, 7) is 3.21. The van der Waals surface area contributed by atoms with Crippen LogP contribution in [0.1, 0.15) is 18.4 Å². The molecule has 2 aromatic rings. The number of carbonyl (C=O) groups excluding carboxylic acids is 1. The lowest BCUT2D eigenvalue weighted by Crippen LogP contribution is -2.30. The third kappa shape index (κ3) is 2.97. The SMILES string of the molecule is Cc1c(NC(=O)[C@@H]2CCCOC2)cccc1-c1ncco1. The van der Waals surface area contributed by atoms with Crippen molar-refractivity contribution in [1.82, 2.24) is 4.98 Å². The highest BCUT2D eigenvalue weighted by atomic mass is 16.5. The van der Waals surface area contributed by atoms with Crippen LogP contribution in [0.25, 0.3) is 11.5 Å². The largest absolute Gasteiger partial charge is 0.445 e. The lowest BCUT2D eigenvalue weighted by Gasteiger charge is -2.22. The van der Waals surface area contributed by atoms with E-state index in [0.717, 1.165) is 36.3 Å². The monoisotopic (exact) mass is 286 g/mol. The molecule has 0 aliphatic carbocycles. The lowest BCUT2D eigenvalue weighted by molar-refractivity contribution is -0.123. The number of benzene rings is 1. The summed E-state index contributed by atoms with van der Waals surface area (Å²) in [7, 11) is 0. The average Bonchev–Trinajstić information content (AvgIpc) is 3.04. The van der Waals surface area contributed by atoms with Crippen molar-refractivity contribution in [2.45, 2.75) is 19.8 Å². The van der Waals surface area contributed by atoms with E-state index in [1.807, 2.05) is 25.1 Å². The van der Waals surface area contributed by atoms with Gasteiger partial charge in [0.1, 0.15) is 6.26 Å². The van der Waals surface area contributed by atoms with Crippen LogP contribution in [-0.4, -0.2) is 24.1 Å². The fourth-order valence-electron chi connectivity index (χ4n) is 2.54. The molecule has 1 saturated heterocycles. The first-order valence-corrected chi connectivity index (χ1v) is 7.14. The van der Waals surface area contributed by atoms with Gasteiger partial charge in [-0.3, -0.25) is 4.79 Å². The molecule has 3 rings (SSSR count). The summed E-state index contributed by atoms with van der Waals surface area (Å²) >= 11 is 0. The fourth-order valence-corrected chi connectivity index (χ4v) is 2.54. The van der Waals surface area contributed by atoms with Crippen LogP contribution in [0.5, 0.6) is 0 Å². The third-order valence-electron chi connectivity index (χ3n) is 3.79. The summed E-state index contributed by atoms with van der Waals surface area (Å²) in [6, 6.07) is 5.71. The zero-order valence-corrected chi connectivity index (χ0v) is 12.0. The molecule has 1 aromatic carbocycles. The standard InChI is InChI=1S/C16H18N2O3/c1-11-13(16-17-7-9-21-16)5-2-6-14(11)18-15(19)12-4-3-8-20-10-12/h2,5-7,9,12H,3-4,8,10H2,1H3,(H,18,19)/t12-/m1/s1. The molecule has 5 heteroatoms. The molecule has 1 fully saturated rings. The van der Waals surface area contributed by atoms with Crippen molar-refractivity contribution in [3.8, 4) is 11.5 Å². The summed E-state index contributed by atoms with van der Waals surface area (Å²) < 4.78 is 10.7. The maximum absolute atomic E-state index is 12.3. The Morgan fingerprint density at radius 3 is 3.05 bits per heavy atom. The zero-order valence-electron chi connectivity index (χ0n) is 12.0. The molecule has 0 radical (unpaired) electrons. The van der Waals surface area contributed by atoms with E-state index < -0.39 is 0 Å². The van der Waals surface area contributed by atoms with Gasteiger partial charge >= 0.3 is 0 Å². The summed E-state index contributed by atoms with van der Waals surface area (Å²) in [5, 5.41) is 2.99. The Kier molecular flexibility index (Phi) is 4.01. The Labute approximate surface area is 123 Å². The molecule has 1 aliphatic rings. The fraction of sp³-hybridized carbons (Fsp3) is 0.375. The number of hydrogen-bond acceptors (Lipinski definition) is 4. The van der Waals surface area contributed by atoms with Crippen LogP contribution in [-0.2, 0) is 9.53 Å². The maximum Gasteiger partial charge on any atom is 0.229 e. The van der Waals surface area contributed by atoms with Gasteiger partial charge in [-0.25, -0.2) is 4.98 Å². The second-order valence-electron chi connectivity index (χ2n) is 5.22. The molecular formula is C16H18N2O3. The van der Waals surface area contributed by atoms with Crippen LogP contribution >= 0.6 is 0 Å². The predicted molar refractivity (Wildman–Crippen MR) is 78.8 cm³/mol. The molecule has 21 heavy (non-hydrogen) atoms. The van der Waals surface area contributed by atoms with Gasteiger partial charge in [0.25, 0.3) is 0 Å². The summed E-state index contributed by atoms with van der Waals surface area (Å²) in [5.74, 6) is 0.510. The molecule has 0 spiro atoms. The first kappa shape index (κ1) is 13.8. The van der Waals surface area contributed by atoms with Crippen LogP contribution in [0, 0.1) is 12.8 Å². The number of amides is 1. The molecule has 1 N–H and O–H groups in total. The first-order chi connectivity index (χ1) is 10.3. The van der Waals surface area contributed by atoms with Gasteiger partial charge < -0.3 is 14.5 Å². The van der Waals surface area contributed by atoms with Gasteiger partial charge in [0.2, 0.25) is 11.8 Å². The van der Waals surface area contributed by atoms with Crippen molar-refractivity contribution in [3.05, 3.63) is 36.2 Å². The van der Waals surface area contributed by atoms with Gasteiger partial charge in [-0.05, 0) is 37.5 Å². The molecule has 1 amide bonds. The number of hydrogen-bond donors (Lipinski definition) is 1. The Bertz CT molecular complexity index is 616. The van der Waals surface area contributed by atoms with Crippen molar-refractivity contribution >= 4 is 11.6 Å². The van der Waals surface area contributed by atoms with E-state index in [2.05, 4.69) is 10.3 Å². The highest BCUT2D eigenvalue weighted by molar-refractivity contribution is 5.94. The number of nitrogens with zero attached hydrogens (tertiary/aromatic N) is 1. The molecule has 2 heterocycles. The van der Waals surface area contributed by atoms with Crippen molar-refractivity contribution in [1.29, 1.82) is 0 Å². The quantitative estimate of drug-likeness (QED) is 0.942. The van der Waals surface area contributed by atoms with Gasteiger partial charge in [-0.15, -0.1) is 0 Å². The number of ether oxygens (including phenoxy) is 1. The van der Waals surface area contributed by atoms with Crippen molar-refractivity contribution in [2.24, 2.45) is 5.92 Å². The highest BCUT2D eigenvalue weighted by Crippen LogP contribution is 2.28. The van der Waals surface area contributed by atoms with Crippen LogP contribution in [0.2, 0.25) is 0 Å². The minimum atomic E-state index is -0.0662. The van der Waals surface area contributed by atoms with E-state index >= 15 is 0 Å². The Morgan fingerprint density at radius 1 is 1.43 bits per heavy atom. The Morgan fingerprint density at radius 2 is 2.33 bits per heavy atom. The number of carbonyl (C=O) groups is 1. The van der Waals surface area contributed by atoms with E-state index in [-0.39, 0.29) is 11.8 Å². The Hall–Kier alpha value is -2.14. The second kappa shape index (κ2) is 6.10. The molecule has 1 atom stereocenters. The van der Waals surface area contributed by atoms with Crippen LogP contribution < -0.4 is 5.32 Å². The number of oxazole rings is 1. The topological polar surface area (TPSA) is 64.4 Å². The molecule has 0 bridgehead atoms. The molecular weight excluding hydrogens is 268 g/mol. The van der Waals surface area contributed by atoms with Crippen molar-refractivity contribution in [3.63, 3.8) is 0 Å². The third-order valence-corrected chi connectivity index (χ3v) is 3.79. The number of anilines is 1. The molecule has 1 aromatic heterocycles. The second-order valence-corrected chi connectivity index (χ2v) is 5.22. The van der Waals surface area contributed by atoms with E-state index in [1.54, 1.807) is 12.5 Å². The van der Waals surface area contributed by atoms with Gasteiger partial charge in [-0.1, -0.05) is 6.07 Å². The summed E-state index contributed by atoms with van der Waals surface area (Å²) in [5.41, 5.74) is 2.63.